The first-order chi connectivity index (χ1) is 12.2. The van der Waals surface area contributed by atoms with Crippen LogP contribution in [0.3, 0.4) is 0 Å². The van der Waals surface area contributed by atoms with E-state index in [0.717, 1.165) is 41.8 Å². The van der Waals surface area contributed by atoms with Crippen molar-refractivity contribution < 1.29 is 9.21 Å². The summed E-state index contributed by atoms with van der Waals surface area (Å²) in [7, 11) is 1.88. The maximum absolute atomic E-state index is 13.1. The van der Waals surface area contributed by atoms with Crippen LogP contribution in [0.25, 0.3) is 11.0 Å². The van der Waals surface area contributed by atoms with Crippen LogP contribution in [0, 0.1) is 0 Å². The van der Waals surface area contributed by atoms with E-state index in [9.17, 15) is 4.79 Å². The highest BCUT2D eigenvalue weighted by Crippen LogP contribution is 2.34. The Morgan fingerprint density at radius 1 is 1.36 bits per heavy atom. The Labute approximate surface area is 155 Å². The van der Waals surface area contributed by atoms with Gasteiger partial charge in [-0.25, -0.2) is 0 Å². The molecular weight excluding hydrogens is 352 g/mol. The number of hydrogen-bond donors (Lipinski definition) is 1. The first-order valence-electron chi connectivity index (χ1n) is 8.38. The summed E-state index contributed by atoms with van der Waals surface area (Å²) in [4.78, 5) is 14.9. The SMILES string of the molecule is CN(C(=O)c1oc2ccccc2c1CSc1cccs1)C1CCNC1. The van der Waals surface area contributed by atoms with Gasteiger partial charge in [0, 0.05) is 36.3 Å². The number of para-hydroxylation sites is 1. The number of nitrogens with zero attached hydrogens (tertiary/aromatic N) is 1. The summed E-state index contributed by atoms with van der Waals surface area (Å²) in [5.41, 5.74) is 1.78. The summed E-state index contributed by atoms with van der Waals surface area (Å²) in [5, 5.41) is 6.42. The van der Waals surface area contributed by atoms with Gasteiger partial charge < -0.3 is 14.6 Å². The fourth-order valence-corrected chi connectivity index (χ4v) is 5.01. The lowest BCUT2D eigenvalue weighted by Crippen LogP contribution is -2.38. The van der Waals surface area contributed by atoms with E-state index in [2.05, 4.69) is 16.8 Å². The Morgan fingerprint density at radius 3 is 3.00 bits per heavy atom. The van der Waals surface area contributed by atoms with Crippen molar-refractivity contribution in [3.8, 4) is 0 Å². The van der Waals surface area contributed by atoms with E-state index < -0.39 is 0 Å². The second-order valence-corrected chi connectivity index (χ2v) is 8.41. The van der Waals surface area contributed by atoms with Crippen molar-refractivity contribution in [3.63, 3.8) is 0 Å². The van der Waals surface area contributed by atoms with Crippen LogP contribution >= 0.6 is 23.1 Å². The molecule has 1 N–H and O–H groups in total. The average molecular weight is 373 g/mol. The molecule has 0 saturated carbocycles. The first kappa shape index (κ1) is 16.7. The van der Waals surface area contributed by atoms with Crippen LogP contribution in [-0.2, 0) is 5.75 Å². The normalized spacial score (nSPS) is 17.2. The van der Waals surface area contributed by atoms with Crippen LogP contribution in [0.2, 0.25) is 0 Å². The molecule has 3 heterocycles. The zero-order chi connectivity index (χ0) is 17.2. The van der Waals surface area contributed by atoms with Crippen LogP contribution in [0.15, 0.2) is 50.4 Å². The number of carbonyl (C=O) groups excluding carboxylic acids is 1. The molecule has 0 bridgehead atoms. The molecular formula is C19H20N2O2S2. The molecule has 1 aliphatic rings. The molecule has 2 aromatic heterocycles. The van der Waals surface area contributed by atoms with Gasteiger partial charge in [0.25, 0.3) is 5.91 Å². The molecule has 1 saturated heterocycles. The van der Waals surface area contributed by atoms with E-state index >= 15 is 0 Å². The Bertz CT molecular complexity index is 867. The number of likely N-dealkylation sites (N-methyl/N-ethyl adjacent to an activating group) is 1. The molecule has 6 heteroatoms. The fraction of sp³-hybridized carbons (Fsp3) is 0.316. The number of fused-ring (bicyclic) bond motifs is 1. The highest BCUT2D eigenvalue weighted by molar-refractivity contribution is 8.00. The third kappa shape index (κ3) is 3.34. The van der Waals surface area contributed by atoms with Crippen LogP contribution in [0.4, 0.5) is 0 Å². The number of carbonyl (C=O) groups is 1. The number of thiophene rings is 1. The minimum Gasteiger partial charge on any atom is -0.451 e. The van der Waals surface area contributed by atoms with Gasteiger partial charge in [-0.3, -0.25) is 4.79 Å². The minimum absolute atomic E-state index is 0.0216. The first-order valence-corrected chi connectivity index (χ1v) is 10.2. The Kier molecular flexibility index (Phi) is 4.83. The largest absolute Gasteiger partial charge is 0.451 e. The molecule has 1 unspecified atom stereocenters. The maximum atomic E-state index is 13.1. The molecule has 3 aromatic rings. The van der Waals surface area contributed by atoms with Crippen molar-refractivity contribution in [1.29, 1.82) is 0 Å². The van der Waals surface area contributed by atoms with Gasteiger partial charge >= 0.3 is 0 Å². The summed E-state index contributed by atoms with van der Waals surface area (Å²) < 4.78 is 7.24. The van der Waals surface area contributed by atoms with Crippen molar-refractivity contribution in [3.05, 3.63) is 53.1 Å². The molecule has 0 radical (unpaired) electrons. The topological polar surface area (TPSA) is 45.5 Å². The number of amides is 1. The predicted octanol–water partition coefficient (Wildman–Crippen LogP) is 4.22. The number of nitrogens with one attached hydrogen (secondary N) is 1. The number of furan rings is 1. The number of hydrogen-bond acceptors (Lipinski definition) is 5. The van der Waals surface area contributed by atoms with Crippen molar-refractivity contribution in [2.75, 3.05) is 20.1 Å². The van der Waals surface area contributed by atoms with Gasteiger partial charge in [0.05, 0.1) is 4.21 Å². The molecule has 0 aliphatic carbocycles. The van der Waals surface area contributed by atoms with Crippen LogP contribution < -0.4 is 5.32 Å². The van der Waals surface area contributed by atoms with E-state index in [0.29, 0.717) is 5.76 Å². The molecule has 130 valence electrons. The van der Waals surface area contributed by atoms with Crippen LogP contribution in [0.5, 0.6) is 0 Å². The lowest BCUT2D eigenvalue weighted by Gasteiger charge is -2.23. The van der Waals surface area contributed by atoms with Crippen LogP contribution in [0.1, 0.15) is 22.5 Å². The smallest absolute Gasteiger partial charge is 0.289 e. The van der Waals surface area contributed by atoms with E-state index in [4.69, 9.17) is 4.42 Å². The minimum atomic E-state index is -0.0216. The highest BCUT2D eigenvalue weighted by Gasteiger charge is 2.29. The maximum Gasteiger partial charge on any atom is 0.289 e. The van der Waals surface area contributed by atoms with Gasteiger partial charge in [0.15, 0.2) is 5.76 Å². The molecule has 1 aromatic carbocycles. The zero-order valence-corrected chi connectivity index (χ0v) is 15.7. The predicted molar refractivity (Wildman–Crippen MR) is 103 cm³/mol. The summed E-state index contributed by atoms with van der Waals surface area (Å²) in [6, 6.07) is 12.3. The molecule has 1 amide bonds. The third-order valence-corrected chi connectivity index (χ3v) is 6.81. The number of rotatable bonds is 5. The Hall–Kier alpha value is -1.76. The standard InChI is InChI=1S/C19H20N2O2S2/c1-21(13-8-9-20-11-13)19(22)18-15(12-25-17-7-4-10-24-17)14-5-2-3-6-16(14)23-18/h2-7,10,13,20H,8-9,11-12H2,1H3. The van der Waals surface area contributed by atoms with Gasteiger partial charge in [-0.2, -0.15) is 0 Å². The number of benzene rings is 1. The molecule has 1 atom stereocenters. The Balaban J connectivity index is 1.66. The molecule has 25 heavy (non-hydrogen) atoms. The second-order valence-electron chi connectivity index (χ2n) is 6.19. The van der Waals surface area contributed by atoms with Crippen molar-refractivity contribution in [2.24, 2.45) is 0 Å². The summed E-state index contributed by atoms with van der Waals surface area (Å²) >= 11 is 3.47. The van der Waals surface area contributed by atoms with Crippen LogP contribution in [-0.4, -0.2) is 37.0 Å². The lowest BCUT2D eigenvalue weighted by molar-refractivity contribution is 0.0713. The third-order valence-electron chi connectivity index (χ3n) is 4.65. The quantitative estimate of drug-likeness (QED) is 0.681. The van der Waals surface area contributed by atoms with Gasteiger partial charge in [-0.05, 0) is 30.5 Å². The monoisotopic (exact) mass is 372 g/mol. The van der Waals surface area contributed by atoms with E-state index in [-0.39, 0.29) is 11.9 Å². The van der Waals surface area contributed by atoms with Crippen molar-refractivity contribution >= 4 is 40.0 Å². The molecule has 4 nitrogen and oxygen atoms in total. The number of thioether (sulfide) groups is 1. The zero-order valence-electron chi connectivity index (χ0n) is 14.0. The van der Waals surface area contributed by atoms with Gasteiger partial charge in [0.1, 0.15) is 5.58 Å². The highest BCUT2D eigenvalue weighted by atomic mass is 32.2. The van der Waals surface area contributed by atoms with Gasteiger partial charge in [-0.15, -0.1) is 23.1 Å². The van der Waals surface area contributed by atoms with Crippen molar-refractivity contribution in [1.82, 2.24) is 10.2 Å². The van der Waals surface area contributed by atoms with Crippen molar-refractivity contribution in [2.45, 2.75) is 22.4 Å². The molecule has 0 spiro atoms. The summed E-state index contributed by atoms with van der Waals surface area (Å²) in [5.74, 6) is 1.20. The molecule has 4 rings (SSSR count). The van der Waals surface area contributed by atoms with Gasteiger partial charge in [0.2, 0.25) is 0 Å². The Morgan fingerprint density at radius 2 is 2.24 bits per heavy atom. The second kappa shape index (κ2) is 7.23. The van der Waals surface area contributed by atoms with E-state index in [1.54, 1.807) is 23.1 Å². The van der Waals surface area contributed by atoms with Gasteiger partial charge in [-0.1, -0.05) is 24.3 Å². The molecule has 1 aliphatic heterocycles. The summed E-state index contributed by atoms with van der Waals surface area (Å²) in [6.07, 6.45) is 0.988. The molecule has 1 fully saturated rings. The summed E-state index contributed by atoms with van der Waals surface area (Å²) in [6.45, 7) is 1.81. The lowest BCUT2D eigenvalue weighted by atomic mass is 10.1. The van der Waals surface area contributed by atoms with E-state index in [1.807, 2.05) is 42.3 Å². The fourth-order valence-electron chi connectivity index (χ4n) is 3.20. The average Bonchev–Trinajstić information content (AvgIpc) is 3.39. The van der Waals surface area contributed by atoms with E-state index in [1.165, 1.54) is 4.21 Å².